The highest BCUT2D eigenvalue weighted by Crippen LogP contribution is 2.10. The van der Waals surface area contributed by atoms with Crippen molar-refractivity contribution in [2.24, 2.45) is 14.1 Å². The molecule has 1 amide bonds. The Labute approximate surface area is 178 Å². The molecule has 9 heteroatoms. The Balaban J connectivity index is 1.43. The summed E-state index contributed by atoms with van der Waals surface area (Å²) in [7, 11) is 2.94. The molecule has 0 aliphatic carbocycles. The number of nitrogens with one attached hydrogen (secondary N) is 1. The number of benzene rings is 1. The normalized spacial score (nSPS) is 14.6. The fraction of sp³-hybridized carbons (Fsp3) is 0.364. The number of nitrogens with zero attached hydrogens (tertiary/aromatic N) is 4. The lowest BCUT2D eigenvalue weighted by atomic mass is 10.1. The number of aromatic nitrogens is 3. The molecule has 4 rings (SSSR count). The van der Waals surface area contributed by atoms with Gasteiger partial charge in [0.15, 0.2) is 0 Å². The van der Waals surface area contributed by atoms with Crippen molar-refractivity contribution >= 4 is 16.9 Å². The summed E-state index contributed by atoms with van der Waals surface area (Å²) in [6.07, 6.45) is 0. The van der Waals surface area contributed by atoms with Gasteiger partial charge < -0.3 is 10.1 Å². The van der Waals surface area contributed by atoms with Crippen LogP contribution in [0.5, 0.6) is 0 Å². The predicted molar refractivity (Wildman–Crippen MR) is 116 cm³/mol. The average molecular weight is 423 g/mol. The van der Waals surface area contributed by atoms with Crippen molar-refractivity contribution < 1.29 is 9.53 Å². The van der Waals surface area contributed by atoms with Crippen LogP contribution in [0.25, 0.3) is 11.0 Å². The van der Waals surface area contributed by atoms with Crippen LogP contribution >= 0.6 is 0 Å². The zero-order valence-electron chi connectivity index (χ0n) is 17.6. The topological polar surface area (TPSA) is 98.5 Å². The second-order valence-corrected chi connectivity index (χ2v) is 7.66. The monoisotopic (exact) mass is 423 g/mol. The smallest absolute Gasteiger partial charge is 0.332 e. The van der Waals surface area contributed by atoms with Crippen LogP contribution in [0, 0.1) is 0 Å². The zero-order valence-corrected chi connectivity index (χ0v) is 17.6. The van der Waals surface area contributed by atoms with Gasteiger partial charge in [0.2, 0.25) is 0 Å². The van der Waals surface area contributed by atoms with Gasteiger partial charge in [0.25, 0.3) is 11.5 Å². The molecule has 1 saturated heterocycles. The maximum atomic E-state index is 12.6. The third kappa shape index (κ3) is 4.42. The van der Waals surface area contributed by atoms with E-state index >= 15 is 0 Å². The van der Waals surface area contributed by atoms with E-state index in [4.69, 9.17) is 4.74 Å². The maximum Gasteiger partial charge on any atom is 0.332 e. The Bertz CT molecular complexity index is 1220. The van der Waals surface area contributed by atoms with Gasteiger partial charge in [0.05, 0.1) is 18.6 Å². The largest absolute Gasteiger partial charge is 0.379 e. The molecule has 0 unspecified atom stereocenters. The number of fused-ring (bicyclic) bond motifs is 1. The van der Waals surface area contributed by atoms with Gasteiger partial charge in [-0.2, -0.15) is 0 Å². The van der Waals surface area contributed by atoms with E-state index in [0.717, 1.165) is 43.0 Å². The van der Waals surface area contributed by atoms with E-state index < -0.39 is 11.2 Å². The molecule has 0 saturated carbocycles. The molecule has 3 aromatic rings. The van der Waals surface area contributed by atoms with Crippen molar-refractivity contribution in [1.82, 2.24) is 24.3 Å². The number of ether oxygens (including phenoxy) is 1. The van der Waals surface area contributed by atoms with E-state index in [9.17, 15) is 14.4 Å². The first kappa shape index (κ1) is 21.0. The zero-order chi connectivity index (χ0) is 22.0. The number of aryl methyl sites for hydroxylation is 1. The second-order valence-electron chi connectivity index (χ2n) is 7.66. The molecule has 1 fully saturated rings. The lowest BCUT2D eigenvalue weighted by Crippen LogP contribution is -2.37. The minimum absolute atomic E-state index is 0.152. The molecule has 0 atom stereocenters. The molecule has 1 aromatic carbocycles. The number of amides is 1. The van der Waals surface area contributed by atoms with E-state index in [-0.39, 0.29) is 22.6 Å². The number of morpholine rings is 1. The second kappa shape index (κ2) is 8.83. The van der Waals surface area contributed by atoms with Gasteiger partial charge in [-0.25, -0.2) is 9.78 Å². The fourth-order valence-corrected chi connectivity index (χ4v) is 3.63. The van der Waals surface area contributed by atoms with E-state index in [1.165, 1.54) is 36.4 Å². The van der Waals surface area contributed by atoms with E-state index in [1.807, 2.05) is 12.1 Å². The molecule has 9 nitrogen and oxygen atoms in total. The van der Waals surface area contributed by atoms with Crippen molar-refractivity contribution in [2.75, 3.05) is 26.3 Å². The van der Waals surface area contributed by atoms with Crippen LogP contribution in [0.2, 0.25) is 0 Å². The van der Waals surface area contributed by atoms with Gasteiger partial charge in [0.1, 0.15) is 11.3 Å². The van der Waals surface area contributed by atoms with Gasteiger partial charge in [0, 0.05) is 40.3 Å². The molecule has 31 heavy (non-hydrogen) atoms. The highest BCUT2D eigenvalue weighted by molar-refractivity contribution is 5.94. The van der Waals surface area contributed by atoms with Crippen LogP contribution < -0.4 is 16.6 Å². The van der Waals surface area contributed by atoms with Crippen molar-refractivity contribution in [2.45, 2.75) is 13.1 Å². The van der Waals surface area contributed by atoms with Crippen LogP contribution in [-0.4, -0.2) is 51.2 Å². The summed E-state index contributed by atoms with van der Waals surface area (Å²) < 4.78 is 7.66. The number of carbonyl (C=O) groups excluding carboxylic acids is 1. The summed E-state index contributed by atoms with van der Waals surface area (Å²) in [6, 6.07) is 11.1. The lowest BCUT2D eigenvalue weighted by Gasteiger charge is -2.26. The molecule has 2 aromatic heterocycles. The van der Waals surface area contributed by atoms with E-state index in [0.29, 0.717) is 6.54 Å². The SMILES string of the molecule is Cn1c(=O)c2ccc(C(=O)NCc3ccc(CN4CCOCC4)cc3)nc2n(C)c1=O. The Morgan fingerprint density at radius 1 is 1.00 bits per heavy atom. The van der Waals surface area contributed by atoms with Crippen molar-refractivity contribution in [3.63, 3.8) is 0 Å². The summed E-state index contributed by atoms with van der Waals surface area (Å²) in [5.41, 5.74) is 1.61. The minimum Gasteiger partial charge on any atom is -0.379 e. The molecule has 0 radical (unpaired) electrons. The highest BCUT2D eigenvalue weighted by Gasteiger charge is 2.14. The third-order valence-electron chi connectivity index (χ3n) is 5.52. The fourth-order valence-electron chi connectivity index (χ4n) is 3.63. The van der Waals surface area contributed by atoms with Crippen LogP contribution in [0.15, 0.2) is 46.0 Å². The van der Waals surface area contributed by atoms with Crippen LogP contribution in [0.3, 0.4) is 0 Å². The minimum atomic E-state index is -0.486. The Hall–Kier alpha value is -3.30. The highest BCUT2D eigenvalue weighted by atomic mass is 16.5. The first-order valence-corrected chi connectivity index (χ1v) is 10.2. The van der Waals surface area contributed by atoms with Gasteiger partial charge in [-0.1, -0.05) is 24.3 Å². The quantitative estimate of drug-likeness (QED) is 0.638. The van der Waals surface area contributed by atoms with Gasteiger partial charge in [-0.3, -0.25) is 23.6 Å². The summed E-state index contributed by atoms with van der Waals surface area (Å²) >= 11 is 0. The average Bonchev–Trinajstić information content (AvgIpc) is 2.81. The predicted octanol–water partition coefficient (Wildman–Crippen LogP) is 0.394. The van der Waals surface area contributed by atoms with Crippen LogP contribution in [0.4, 0.5) is 0 Å². The molecule has 1 aliphatic rings. The molecule has 1 N–H and O–H groups in total. The molecule has 3 heterocycles. The Kier molecular flexibility index (Phi) is 5.97. The number of hydrogen-bond acceptors (Lipinski definition) is 6. The third-order valence-corrected chi connectivity index (χ3v) is 5.52. The Morgan fingerprint density at radius 2 is 1.68 bits per heavy atom. The molecule has 0 spiro atoms. The van der Waals surface area contributed by atoms with Gasteiger partial charge in [-0.15, -0.1) is 0 Å². The molecule has 0 bridgehead atoms. The maximum absolute atomic E-state index is 12.6. The van der Waals surface area contributed by atoms with E-state index in [2.05, 4.69) is 27.3 Å². The first-order valence-electron chi connectivity index (χ1n) is 10.2. The first-order chi connectivity index (χ1) is 14.9. The Morgan fingerprint density at radius 3 is 2.39 bits per heavy atom. The van der Waals surface area contributed by atoms with Crippen molar-refractivity contribution in [3.05, 3.63) is 74.1 Å². The van der Waals surface area contributed by atoms with Gasteiger partial charge in [-0.05, 0) is 23.3 Å². The summed E-state index contributed by atoms with van der Waals surface area (Å²) in [5, 5.41) is 3.13. The molecular weight excluding hydrogens is 398 g/mol. The molecular formula is C22H25N5O4. The number of carbonyl (C=O) groups is 1. The van der Waals surface area contributed by atoms with E-state index in [1.54, 1.807) is 0 Å². The molecule has 162 valence electrons. The van der Waals surface area contributed by atoms with Crippen molar-refractivity contribution in [3.8, 4) is 0 Å². The summed E-state index contributed by atoms with van der Waals surface area (Å²) in [4.78, 5) is 43.6. The summed E-state index contributed by atoms with van der Waals surface area (Å²) in [6.45, 7) is 4.66. The molecule has 1 aliphatic heterocycles. The van der Waals surface area contributed by atoms with Crippen LogP contribution in [-0.2, 0) is 31.9 Å². The van der Waals surface area contributed by atoms with Gasteiger partial charge >= 0.3 is 5.69 Å². The standard InChI is InChI=1S/C22H25N5O4/c1-25-19-17(21(29)26(2)22(25)30)7-8-18(24-19)20(28)23-13-15-3-5-16(6-4-15)14-27-9-11-31-12-10-27/h3-8H,9-14H2,1-2H3,(H,23,28). The summed E-state index contributed by atoms with van der Waals surface area (Å²) in [5.74, 6) is -0.368. The number of pyridine rings is 1. The number of rotatable bonds is 5. The number of hydrogen-bond donors (Lipinski definition) is 1. The van der Waals surface area contributed by atoms with Crippen LogP contribution in [0.1, 0.15) is 21.6 Å². The lowest BCUT2D eigenvalue weighted by molar-refractivity contribution is 0.0342. The van der Waals surface area contributed by atoms with Crippen molar-refractivity contribution in [1.29, 1.82) is 0 Å².